The van der Waals surface area contributed by atoms with Crippen LogP contribution in [0.15, 0.2) is 66.7 Å². The number of hydrogen-bond donors (Lipinski definition) is 2. The predicted octanol–water partition coefficient (Wildman–Crippen LogP) is 4.89. The van der Waals surface area contributed by atoms with Gasteiger partial charge in [0.25, 0.3) is 17.5 Å². The minimum absolute atomic E-state index is 0.0195. The third kappa shape index (κ3) is 4.74. The van der Waals surface area contributed by atoms with Crippen LogP contribution in [0, 0.1) is 15.9 Å². The van der Waals surface area contributed by atoms with Crippen LogP contribution in [0.25, 0.3) is 0 Å². The number of nitro groups is 1. The second-order valence-corrected chi connectivity index (χ2v) is 6.29. The molecule has 0 saturated heterocycles. The van der Waals surface area contributed by atoms with Gasteiger partial charge < -0.3 is 10.6 Å². The lowest BCUT2D eigenvalue weighted by Gasteiger charge is -2.12. The van der Waals surface area contributed by atoms with Crippen molar-refractivity contribution in [1.29, 1.82) is 0 Å². The van der Waals surface area contributed by atoms with E-state index < -0.39 is 22.6 Å². The fourth-order valence-electron chi connectivity index (χ4n) is 2.51. The molecule has 3 rings (SSSR count). The SMILES string of the molecule is O=C(Nc1ccccc1C(=O)Nc1ccc(F)cc1)c1ccc([N+](=O)[O-])cc1Cl. The van der Waals surface area contributed by atoms with Crippen LogP contribution in [0.4, 0.5) is 21.5 Å². The Hall–Kier alpha value is -3.78. The van der Waals surface area contributed by atoms with Crippen LogP contribution in [0.2, 0.25) is 5.02 Å². The van der Waals surface area contributed by atoms with Crippen LogP contribution < -0.4 is 10.6 Å². The molecule has 0 aliphatic carbocycles. The Labute approximate surface area is 169 Å². The zero-order chi connectivity index (χ0) is 21.0. The summed E-state index contributed by atoms with van der Waals surface area (Å²) in [6.07, 6.45) is 0. The molecule has 0 bridgehead atoms. The number of carbonyl (C=O) groups excluding carboxylic acids is 2. The van der Waals surface area contributed by atoms with Gasteiger partial charge in [0.05, 0.1) is 26.8 Å². The number of nitro benzene ring substituents is 1. The number of non-ortho nitro benzene ring substituents is 1. The molecule has 0 spiro atoms. The van der Waals surface area contributed by atoms with E-state index >= 15 is 0 Å². The third-order valence-electron chi connectivity index (χ3n) is 3.93. The predicted molar refractivity (Wildman–Crippen MR) is 107 cm³/mol. The summed E-state index contributed by atoms with van der Waals surface area (Å²) >= 11 is 5.98. The number of rotatable bonds is 5. The Morgan fingerprint density at radius 2 is 1.55 bits per heavy atom. The summed E-state index contributed by atoms with van der Waals surface area (Å²) in [5.74, 6) is -1.58. The van der Waals surface area contributed by atoms with Gasteiger partial charge in [0.2, 0.25) is 0 Å². The second-order valence-electron chi connectivity index (χ2n) is 5.88. The maximum Gasteiger partial charge on any atom is 0.270 e. The zero-order valence-corrected chi connectivity index (χ0v) is 15.4. The summed E-state index contributed by atoms with van der Waals surface area (Å²) in [6.45, 7) is 0. The summed E-state index contributed by atoms with van der Waals surface area (Å²) in [4.78, 5) is 35.3. The molecule has 0 saturated carbocycles. The molecule has 0 heterocycles. The van der Waals surface area contributed by atoms with Crippen molar-refractivity contribution in [3.8, 4) is 0 Å². The minimum atomic E-state index is -0.632. The van der Waals surface area contributed by atoms with Gasteiger partial charge in [0.1, 0.15) is 5.82 Å². The standard InChI is InChI=1S/C20H13ClFN3O4/c21-17-11-14(25(28)29)9-10-15(17)19(26)24-18-4-2-1-3-16(18)20(27)23-13-7-5-12(22)6-8-13/h1-11H,(H,23,27)(H,24,26). The third-order valence-corrected chi connectivity index (χ3v) is 4.24. The normalized spacial score (nSPS) is 10.3. The van der Waals surface area contributed by atoms with Crippen molar-refractivity contribution in [2.75, 3.05) is 10.6 Å². The summed E-state index contributed by atoms with van der Waals surface area (Å²) in [7, 11) is 0. The molecule has 29 heavy (non-hydrogen) atoms. The highest BCUT2D eigenvalue weighted by molar-refractivity contribution is 6.34. The molecule has 0 atom stereocenters. The molecule has 2 N–H and O–H groups in total. The number of benzene rings is 3. The number of hydrogen-bond acceptors (Lipinski definition) is 4. The Morgan fingerprint density at radius 3 is 2.21 bits per heavy atom. The van der Waals surface area contributed by atoms with E-state index in [0.717, 1.165) is 12.1 Å². The molecule has 9 heteroatoms. The van der Waals surface area contributed by atoms with E-state index in [-0.39, 0.29) is 27.5 Å². The fourth-order valence-corrected chi connectivity index (χ4v) is 2.77. The van der Waals surface area contributed by atoms with Gasteiger partial charge in [-0.3, -0.25) is 19.7 Å². The van der Waals surface area contributed by atoms with Crippen molar-refractivity contribution in [1.82, 2.24) is 0 Å². The van der Waals surface area contributed by atoms with Gasteiger partial charge in [-0.05, 0) is 42.5 Å². The van der Waals surface area contributed by atoms with Crippen LogP contribution in [-0.4, -0.2) is 16.7 Å². The molecular formula is C20H13ClFN3O4. The van der Waals surface area contributed by atoms with Gasteiger partial charge in [-0.1, -0.05) is 23.7 Å². The Bertz CT molecular complexity index is 1100. The van der Waals surface area contributed by atoms with Crippen molar-refractivity contribution in [2.45, 2.75) is 0 Å². The summed E-state index contributed by atoms with van der Waals surface area (Å²) < 4.78 is 13.0. The van der Waals surface area contributed by atoms with Crippen molar-refractivity contribution in [2.24, 2.45) is 0 Å². The van der Waals surface area contributed by atoms with E-state index in [1.54, 1.807) is 12.1 Å². The van der Waals surface area contributed by atoms with Crippen molar-refractivity contribution < 1.29 is 18.9 Å². The number of carbonyl (C=O) groups is 2. The zero-order valence-electron chi connectivity index (χ0n) is 14.7. The molecular weight excluding hydrogens is 401 g/mol. The fraction of sp³-hybridized carbons (Fsp3) is 0. The van der Waals surface area contributed by atoms with Gasteiger partial charge >= 0.3 is 0 Å². The molecule has 0 aliphatic heterocycles. The lowest BCUT2D eigenvalue weighted by Crippen LogP contribution is -2.18. The molecule has 2 amide bonds. The highest BCUT2D eigenvalue weighted by atomic mass is 35.5. The van der Waals surface area contributed by atoms with E-state index in [1.807, 2.05) is 0 Å². The Morgan fingerprint density at radius 1 is 0.897 bits per heavy atom. The molecule has 0 fully saturated rings. The molecule has 0 unspecified atom stereocenters. The van der Waals surface area contributed by atoms with Gasteiger partial charge in [-0.2, -0.15) is 0 Å². The first-order valence-electron chi connectivity index (χ1n) is 8.26. The van der Waals surface area contributed by atoms with Crippen LogP contribution in [0.1, 0.15) is 20.7 Å². The highest BCUT2D eigenvalue weighted by Crippen LogP contribution is 2.24. The average molecular weight is 414 g/mol. The lowest BCUT2D eigenvalue weighted by atomic mass is 10.1. The highest BCUT2D eigenvalue weighted by Gasteiger charge is 2.18. The summed E-state index contributed by atoms with van der Waals surface area (Å²) in [5, 5.41) is 15.9. The number of nitrogens with zero attached hydrogens (tertiary/aromatic N) is 1. The summed E-state index contributed by atoms with van der Waals surface area (Å²) in [6, 6.07) is 15.0. The molecule has 146 valence electrons. The van der Waals surface area contributed by atoms with E-state index in [2.05, 4.69) is 10.6 Å². The first-order valence-corrected chi connectivity index (χ1v) is 8.64. The topological polar surface area (TPSA) is 101 Å². The van der Waals surface area contributed by atoms with Crippen molar-refractivity contribution >= 4 is 40.5 Å². The Balaban J connectivity index is 1.81. The first kappa shape index (κ1) is 20.0. The molecule has 0 aliphatic rings. The van der Waals surface area contributed by atoms with Crippen molar-refractivity contribution in [3.63, 3.8) is 0 Å². The lowest BCUT2D eigenvalue weighted by molar-refractivity contribution is -0.384. The molecule has 7 nitrogen and oxygen atoms in total. The molecule has 3 aromatic carbocycles. The minimum Gasteiger partial charge on any atom is -0.322 e. The number of halogens is 2. The Kier molecular flexibility index (Phi) is 5.85. The number of para-hydroxylation sites is 1. The van der Waals surface area contributed by atoms with E-state index in [9.17, 15) is 24.1 Å². The van der Waals surface area contributed by atoms with Gasteiger partial charge in [-0.25, -0.2) is 4.39 Å². The maximum absolute atomic E-state index is 13.0. The molecule has 0 radical (unpaired) electrons. The number of anilines is 2. The first-order chi connectivity index (χ1) is 13.8. The van der Waals surface area contributed by atoms with E-state index in [0.29, 0.717) is 5.69 Å². The van der Waals surface area contributed by atoms with Crippen LogP contribution in [0.3, 0.4) is 0 Å². The molecule has 0 aromatic heterocycles. The van der Waals surface area contributed by atoms with E-state index in [4.69, 9.17) is 11.6 Å². The maximum atomic E-state index is 13.0. The summed E-state index contributed by atoms with van der Waals surface area (Å²) in [5.41, 5.74) is 0.544. The smallest absolute Gasteiger partial charge is 0.270 e. The monoisotopic (exact) mass is 413 g/mol. The van der Waals surface area contributed by atoms with Crippen LogP contribution >= 0.6 is 11.6 Å². The van der Waals surface area contributed by atoms with E-state index in [1.165, 1.54) is 42.5 Å². The number of nitrogens with one attached hydrogen (secondary N) is 2. The van der Waals surface area contributed by atoms with Gasteiger partial charge in [0.15, 0.2) is 0 Å². The second kappa shape index (κ2) is 8.49. The van der Waals surface area contributed by atoms with Crippen LogP contribution in [-0.2, 0) is 0 Å². The average Bonchev–Trinajstić information content (AvgIpc) is 2.69. The molecule has 3 aromatic rings. The van der Waals surface area contributed by atoms with Crippen LogP contribution in [0.5, 0.6) is 0 Å². The van der Waals surface area contributed by atoms with Gasteiger partial charge in [0, 0.05) is 17.8 Å². The largest absolute Gasteiger partial charge is 0.322 e. The quantitative estimate of drug-likeness (QED) is 0.459. The number of amides is 2. The van der Waals surface area contributed by atoms with Crippen molar-refractivity contribution in [3.05, 3.63) is 98.8 Å². The van der Waals surface area contributed by atoms with Gasteiger partial charge in [-0.15, -0.1) is 0 Å².